The molecule has 10 heteroatoms. The Balaban J connectivity index is 1.52. The molecule has 1 aromatic carbocycles. The third kappa shape index (κ3) is 8.47. The maximum Gasteiger partial charge on any atom is 0.407 e. The molecule has 0 radical (unpaired) electrons. The molecule has 2 atom stereocenters. The number of hydrogen-bond acceptors (Lipinski definition) is 6. The van der Waals surface area contributed by atoms with Crippen molar-refractivity contribution in [3.8, 4) is 5.88 Å². The molecular formula is C32H43BrN4O5. The summed E-state index contributed by atoms with van der Waals surface area (Å²) in [5.41, 5.74) is 2.67. The van der Waals surface area contributed by atoms with Crippen LogP contribution in [0, 0.1) is 0 Å². The van der Waals surface area contributed by atoms with Gasteiger partial charge in [-0.1, -0.05) is 28.1 Å². The Labute approximate surface area is 257 Å². The summed E-state index contributed by atoms with van der Waals surface area (Å²) >= 11 is 3.47. The Hall–Kier alpha value is -3.11. The number of piperidine rings is 1. The number of carbonyl (C=O) groups is 2. The molecule has 228 valence electrons. The second-order valence-corrected chi connectivity index (χ2v) is 12.8. The van der Waals surface area contributed by atoms with Crippen molar-refractivity contribution in [2.24, 2.45) is 0 Å². The molecule has 9 nitrogen and oxygen atoms in total. The Morgan fingerprint density at radius 2 is 1.93 bits per heavy atom. The molecule has 0 aliphatic carbocycles. The number of halogens is 1. The molecule has 0 bridgehead atoms. The number of fused-ring (bicyclic) bond motifs is 1. The molecule has 42 heavy (non-hydrogen) atoms. The summed E-state index contributed by atoms with van der Waals surface area (Å²) in [5.74, 6) is 0.803. The number of benzene rings is 1. The Morgan fingerprint density at radius 3 is 2.62 bits per heavy atom. The van der Waals surface area contributed by atoms with Crippen LogP contribution >= 0.6 is 15.9 Å². The minimum absolute atomic E-state index is 0.0270. The van der Waals surface area contributed by atoms with Gasteiger partial charge in [-0.15, -0.1) is 0 Å². The van der Waals surface area contributed by atoms with Gasteiger partial charge in [0.15, 0.2) is 0 Å². The number of pyridine rings is 1. The summed E-state index contributed by atoms with van der Waals surface area (Å²) in [6.45, 7) is 8.27. The first-order valence-electron chi connectivity index (χ1n) is 14.6. The van der Waals surface area contributed by atoms with E-state index in [2.05, 4.69) is 36.9 Å². The number of alkyl carbamates (subject to hydrolysis) is 1. The van der Waals surface area contributed by atoms with Gasteiger partial charge in [-0.2, -0.15) is 0 Å². The van der Waals surface area contributed by atoms with Gasteiger partial charge in [-0.25, -0.2) is 9.78 Å². The lowest BCUT2D eigenvalue weighted by molar-refractivity contribution is -0.132. The molecule has 1 N–H and O–H groups in total. The average Bonchev–Trinajstić information content (AvgIpc) is 3.32. The SMILES string of the molecule is COCCCn1c(C2CCCN(C(=O)CC(Cc3ccc(Br)cc3)NC(=O)OC(C)(C)C)C2)cc2c(OC)nccc21. The zero-order valence-electron chi connectivity index (χ0n) is 25.3. The number of aryl methyl sites for hydroxylation is 1. The van der Waals surface area contributed by atoms with E-state index in [1.807, 2.05) is 56.0 Å². The van der Waals surface area contributed by atoms with Crippen LogP contribution in [-0.4, -0.2) is 72.0 Å². The predicted molar refractivity (Wildman–Crippen MR) is 167 cm³/mol. The summed E-state index contributed by atoms with van der Waals surface area (Å²) in [4.78, 5) is 32.8. The predicted octanol–water partition coefficient (Wildman–Crippen LogP) is 6.08. The fourth-order valence-corrected chi connectivity index (χ4v) is 5.90. The fourth-order valence-electron chi connectivity index (χ4n) is 5.64. The number of nitrogens with one attached hydrogen (secondary N) is 1. The van der Waals surface area contributed by atoms with Crippen molar-refractivity contribution in [2.75, 3.05) is 33.9 Å². The summed E-state index contributed by atoms with van der Waals surface area (Å²) in [7, 11) is 3.36. The Bertz CT molecular complexity index is 1350. The highest BCUT2D eigenvalue weighted by atomic mass is 79.9. The normalized spacial score (nSPS) is 16.3. The number of likely N-dealkylation sites (tertiary alicyclic amines) is 1. The van der Waals surface area contributed by atoms with E-state index >= 15 is 0 Å². The van der Waals surface area contributed by atoms with Crippen LogP contribution in [0.2, 0.25) is 0 Å². The first-order valence-corrected chi connectivity index (χ1v) is 15.4. The highest BCUT2D eigenvalue weighted by Crippen LogP contribution is 2.35. The first-order chi connectivity index (χ1) is 20.1. The van der Waals surface area contributed by atoms with Crippen molar-refractivity contribution in [3.05, 3.63) is 58.3 Å². The van der Waals surface area contributed by atoms with Crippen LogP contribution in [0.5, 0.6) is 5.88 Å². The Kier molecular flexibility index (Phi) is 10.9. The van der Waals surface area contributed by atoms with Crippen molar-refractivity contribution >= 4 is 38.8 Å². The van der Waals surface area contributed by atoms with Gasteiger partial charge in [0.2, 0.25) is 11.8 Å². The van der Waals surface area contributed by atoms with Gasteiger partial charge in [0, 0.05) is 68.1 Å². The van der Waals surface area contributed by atoms with E-state index in [-0.39, 0.29) is 18.2 Å². The van der Waals surface area contributed by atoms with E-state index in [1.165, 1.54) is 5.69 Å². The molecule has 1 aliphatic heterocycles. The molecule has 1 aliphatic rings. The summed E-state index contributed by atoms with van der Waals surface area (Å²) in [6, 6.07) is 11.7. The van der Waals surface area contributed by atoms with Crippen molar-refractivity contribution in [1.29, 1.82) is 0 Å². The van der Waals surface area contributed by atoms with E-state index in [0.29, 0.717) is 32.0 Å². The maximum absolute atomic E-state index is 13.7. The average molecular weight is 644 g/mol. The quantitative estimate of drug-likeness (QED) is 0.255. The standard InChI is InChI=1S/C32H43BrN4O5/c1-32(2,3)42-31(39)35-25(18-22-9-11-24(33)12-10-22)19-29(38)36-15-6-8-23(21-36)28-20-26-27(13-14-34-30(26)41-5)37(28)16-7-17-40-4/h9-14,20,23,25H,6-8,15-19,21H2,1-5H3,(H,35,39). The number of rotatable bonds is 11. The van der Waals surface area contributed by atoms with E-state index in [9.17, 15) is 9.59 Å². The molecule has 0 spiro atoms. The summed E-state index contributed by atoms with van der Waals surface area (Å²) in [5, 5.41) is 3.94. The van der Waals surface area contributed by atoms with Crippen LogP contribution in [0.4, 0.5) is 4.79 Å². The number of amides is 2. The van der Waals surface area contributed by atoms with Crippen molar-refractivity contribution in [2.45, 2.75) is 77.0 Å². The fraction of sp³-hybridized carbons (Fsp3) is 0.531. The maximum atomic E-state index is 13.7. The number of nitrogens with zero attached hydrogens (tertiary/aromatic N) is 3. The first kappa shape index (κ1) is 31.8. The van der Waals surface area contributed by atoms with E-state index in [1.54, 1.807) is 20.4 Å². The molecule has 1 saturated heterocycles. The lowest BCUT2D eigenvalue weighted by Crippen LogP contribution is -2.46. The number of ether oxygens (including phenoxy) is 3. The zero-order valence-corrected chi connectivity index (χ0v) is 26.9. The highest BCUT2D eigenvalue weighted by molar-refractivity contribution is 9.10. The Morgan fingerprint density at radius 1 is 1.17 bits per heavy atom. The largest absolute Gasteiger partial charge is 0.481 e. The monoisotopic (exact) mass is 642 g/mol. The van der Waals surface area contributed by atoms with Gasteiger partial charge < -0.3 is 29.0 Å². The van der Waals surface area contributed by atoms with Crippen LogP contribution in [0.3, 0.4) is 0 Å². The molecule has 1 fully saturated rings. The number of carbonyl (C=O) groups excluding carboxylic acids is 2. The molecule has 3 aromatic rings. The van der Waals surface area contributed by atoms with Crippen LogP contribution in [0.1, 0.15) is 63.6 Å². The zero-order chi connectivity index (χ0) is 30.3. The molecular weight excluding hydrogens is 600 g/mol. The number of hydrogen-bond donors (Lipinski definition) is 1. The molecule has 3 heterocycles. The van der Waals surface area contributed by atoms with Crippen LogP contribution < -0.4 is 10.1 Å². The van der Waals surface area contributed by atoms with Crippen LogP contribution in [0.15, 0.2) is 47.1 Å². The molecule has 0 saturated carbocycles. The van der Waals surface area contributed by atoms with Gasteiger partial charge in [-0.05, 0) is 76.3 Å². The lowest BCUT2D eigenvalue weighted by Gasteiger charge is -2.34. The summed E-state index contributed by atoms with van der Waals surface area (Å²) < 4.78 is 19.7. The van der Waals surface area contributed by atoms with E-state index < -0.39 is 17.7 Å². The lowest BCUT2D eigenvalue weighted by atomic mass is 9.93. The van der Waals surface area contributed by atoms with Crippen LogP contribution in [-0.2, 0) is 27.2 Å². The van der Waals surface area contributed by atoms with E-state index in [0.717, 1.165) is 46.7 Å². The van der Waals surface area contributed by atoms with Crippen LogP contribution in [0.25, 0.3) is 10.9 Å². The van der Waals surface area contributed by atoms with Crippen molar-refractivity contribution < 1.29 is 23.8 Å². The highest BCUT2D eigenvalue weighted by Gasteiger charge is 2.30. The third-order valence-electron chi connectivity index (χ3n) is 7.48. The molecule has 2 amide bonds. The second kappa shape index (κ2) is 14.4. The number of aromatic nitrogens is 2. The topological polar surface area (TPSA) is 94.9 Å². The third-order valence-corrected chi connectivity index (χ3v) is 8.01. The molecule has 4 rings (SSSR count). The smallest absolute Gasteiger partial charge is 0.407 e. The van der Waals surface area contributed by atoms with E-state index in [4.69, 9.17) is 14.2 Å². The van der Waals surface area contributed by atoms with Crippen molar-refractivity contribution in [3.63, 3.8) is 0 Å². The van der Waals surface area contributed by atoms with Crippen molar-refractivity contribution in [1.82, 2.24) is 19.8 Å². The minimum Gasteiger partial charge on any atom is -0.481 e. The van der Waals surface area contributed by atoms with Gasteiger partial charge >= 0.3 is 6.09 Å². The summed E-state index contributed by atoms with van der Waals surface area (Å²) in [6.07, 6.45) is 4.74. The van der Waals surface area contributed by atoms with Gasteiger partial charge in [-0.3, -0.25) is 4.79 Å². The molecule has 2 aromatic heterocycles. The molecule has 2 unspecified atom stereocenters. The second-order valence-electron chi connectivity index (χ2n) is 11.9. The van der Waals surface area contributed by atoms with Gasteiger partial charge in [0.1, 0.15) is 5.60 Å². The van der Waals surface area contributed by atoms with Gasteiger partial charge in [0.05, 0.1) is 18.0 Å². The minimum atomic E-state index is -0.629. The number of methoxy groups -OCH3 is 2. The van der Waals surface area contributed by atoms with Gasteiger partial charge in [0.25, 0.3) is 0 Å².